The van der Waals surface area contributed by atoms with Crippen LogP contribution in [0, 0.1) is 20.8 Å². The van der Waals surface area contributed by atoms with Crippen LogP contribution >= 0.6 is 0 Å². The second-order valence-electron chi connectivity index (χ2n) is 11.6. The minimum atomic E-state index is -0.986. The van der Waals surface area contributed by atoms with Gasteiger partial charge in [0.2, 0.25) is 11.8 Å². The zero-order chi connectivity index (χ0) is 29.9. The zero-order valence-corrected chi connectivity index (χ0v) is 25.0. The molecule has 0 saturated heterocycles. The van der Waals surface area contributed by atoms with Crippen LogP contribution in [0.15, 0.2) is 66.7 Å². The first-order valence-electron chi connectivity index (χ1n) is 14.8. The first kappa shape index (κ1) is 29.1. The van der Waals surface area contributed by atoms with E-state index in [2.05, 4.69) is 34.7 Å². The minimum absolute atomic E-state index is 0.126. The lowest BCUT2D eigenvalue weighted by Gasteiger charge is -2.45. The molecule has 7 heteroatoms. The number of aryl methyl sites for hydroxylation is 3. The van der Waals surface area contributed by atoms with E-state index in [4.69, 9.17) is 0 Å². The van der Waals surface area contributed by atoms with Crippen LogP contribution < -0.4 is 10.6 Å². The summed E-state index contributed by atoms with van der Waals surface area (Å²) >= 11 is 0. The Labute approximate surface area is 247 Å². The number of nitrogens with zero attached hydrogens (tertiary/aromatic N) is 1. The van der Waals surface area contributed by atoms with Crippen molar-refractivity contribution in [3.05, 3.63) is 94.7 Å². The summed E-state index contributed by atoms with van der Waals surface area (Å²) in [6, 6.07) is 21.1. The Bertz CT molecular complexity index is 1590. The van der Waals surface area contributed by atoms with Gasteiger partial charge in [-0.05, 0) is 87.1 Å². The lowest BCUT2D eigenvalue weighted by atomic mass is 9.78. The van der Waals surface area contributed by atoms with Gasteiger partial charge in [0.05, 0.1) is 0 Å². The molecular weight excluding hydrogens is 524 g/mol. The van der Waals surface area contributed by atoms with E-state index < -0.39 is 5.54 Å². The van der Waals surface area contributed by atoms with Crippen molar-refractivity contribution in [2.75, 3.05) is 17.2 Å². The largest absolute Gasteiger partial charge is 0.358 e. The third-order valence-corrected chi connectivity index (χ3v) is 8.65. The Kier molecular flexibility index (Phi) is 8.48. The Balaban J connectivity index is 1.54. The van der Waals surface area contributed by atoms with Crippen molar-refractivity contribution in [2.24, 2.45) is 0 Å². The molecule has 7 nitrogen and oxygen atoms in total. The molecule has 0 spiro atoms. The molecule has 1 heterocycles. The molecule has 0 bridgehead atoms. The molecule has 3 N–H and O–H groups in total. The maximum absolute atomic E-state index is 14.4. The Hall–Kier alpha value is -4.39. The van der Waals surface area contributed by atoms with E-state index in [0.717, 1.165) is 58.2 Å². The molecule has 4 aromatic rings. The molecule has 1 aliphatic carbocycles. The molecule has 1 fully saturated rings. The summed E-state index contributed by atoms with van der Waals surface area (Å²) in [7, 11) is 0. The quantitative estimate of drug-likeness (QED) is 0.213. The van der Waals surface area contributed by atoms with Crippen molar-refractivity contribution in [2.45, 2.75) is 71.8 Å². The topological polar surface area (TPSA) is 94.3 Å². The van der Waals surface area contributed by atoms with Crippen LogP contribution in [0.1, 0.15) is 71.8 Å². The van der Waals surface area contributed by atoms with Gasteiger partial charge in [-0.25, -0.2) is 0 Å². The molecule has 3 aromatic carbocycles. The zero-order valence-electron chi connectivity index (χ0n) is 25.0. The molecule has 1 saturated carbocycles. The summed E-state index contributed by atoms with van der Waals surface area (Å²) in [5, 5.41) is 7.16. The number of aromatic nitrogens is 1. The Morgan fingerprint density at radius 2 is 1.50 bits per heavy atom. The SMILES string of the molecule is CC(=O)Nc1ccc(C(=O)N(CCc2c(C)[nH]c3ccccc23)C2(C(=O)Nc3c(C)cccc3C)CCCCC2)cc1. The van der Waals surface area contributed by atoms with Crippen molar-refractivity contribution >= 4 is 40.0 Å². The summed E-state index contributed by atoms with van der Waals surface area (Å²) in [6.45, 7) is 7.90. The predicted octanol–water partition coefficient (Wildman–Crippen LogP) is 7.08. The Morgan fingerprint density at radius 3 is 2.17 bits per heavy atom. The first-order valence-corrected chi connectivity index (χ1v) is 14.8. The molecule has 5 rings (SSSR count). The number of amides is 3. The van der Waals surface area contributed by atoms with Gasteiger partial charge in [0.15, 0.2) is 0 Å². The van der Waals surface area contributed by atoms with Gasteiger partial charge in [0.25, 0.3) is 5.91 Å². The number of H-pyrrole nitrogens is 1. The predicted molar refractivity (Wildman–Crippen MR) is 169 cm³/mol. The van der Waals surface area contributed by atoms with E-state index in [9.17, 15) is 14.4 Å². The molecule has 0 aliphatic heterocycles. The fraction of sp³-hybridized carbons (Fsp3) is 0.343. The molecule has 0 unspecified atom stereocenters. The van der Waals surface area contributed by atoms with Gasteiger partial charge in [-0.3, -0.25) is 14.4 Å². The van der Waals surface area contributed by atoms with E-state index in [1.54, 1.807) is 24.3 Å². The summed E-state index contributed by atoms with van der Waals surface area (Å²) in [4.78, 5) is 45.7. The third kappa shape index (κ3) is 5.82. The van der Waals surface area contributed by atoms with Crippen molar-refractivity contribution < 1.29 is 14.4 Å². The van der Waals surface area contributed by atoms with Gasteiger partial charge in [0.1, 0.15) is 5.54 Å². The van der Waals surface area contributed by atoms with Gasteiger partial charge >= 0.3 is 0 Å². The molecular formula is C35H40N4O3. The number of rotatable bonds is 8. The number of benzene rings is 3. The fourth-order valence-electron chi connectivity index (χ4n) is 6.44. The summed E-state index contributed by atoms with van der Waals surface area (Å²) in [5.74, 6) is -0.479. The fourth-order valence-corrected chi connectivity index (χ4v) is 6.44. The molecule has 42 heavy (non-hydrogen) atoms. The number of carbonyl (C=O) groups is 3. The number of fused-ring (bicyclic) bond motifs is 1. The molecule has 3 amide bonds. The van der Waals surface area contributed by atoms with Crippen molar-refractivity contribution in [1.82, 2.24) is 9.88 Å². The average Bonchev–Trinajstić information content (AvgIpc) is 3.30. The molecule has 0 atom stereocenters. The third-order valence-electron chi connectivity index (χ3n) is 8.65. The van der Waals surface area contributed by atoms with Gasteiger partial charge in [0, 0.05) is 47.0 Å². The molecule has 1 aliphatic rings. The van der Waals surface area contributed by atoms with E-state index in [0.29, 0.717) is 37.1 Å². The second-order valence-corrected chi connectivity index (χ2v) is 11.6. The maximum atomic E-state index is 14.4. The number of hydrogen-bond donors (Lipinski definition) is 3. The highest BCUT2D eigenvalue weighted by Gasteiger charge is 2.47. The average molecular weight is 565 g/mol. The van der Waals surface area contributed by atoms with Gasteiger partial charge < -0.3 is 20.5 Å². The van der Waals surface area contributed by atoms with Gasteiger partial charge in [-0.15, -0.1) is 0 Å². The van der Waals surface area contributed by atoms with Gasteiger partial charge in [-0.1, -0.05) is 55.7 Å². The number of hydrogen-bond acceptors (Lipinski definition) is 3. The van der Waals surface area contributed by atoms with E-state index in [1.807, 2.05) is 49.1 Å². The minimum Gasteiger partial charge on any atom is -0.358 e. The standard InChI is InChI=1S/C35H40N4O3/c1-23-11-10-12-24(2)32(23)38-34(42)35(20-8-5-9-21-35)39(33(41)27-15-17-28(18-16-27)37-26(4)40)22-19-29-25(3)36-31-14-7-6-13-30(29)31/h6-7,10-18,36H,5,8-9,19-22H2,1-4H3,(H,37,40)(H,38,42). The molecule has 0 radical (unpaired) electrons. The van der Waals surface area contributed by atoms with Crippen LogP contribution in [0.25, 0.3) is 10.9 Å². The van der Waals surface area contributed by atoms with E-state index in [1.165, 1.54) is 6.92 Å². The second kappa shape index (κ2) is 12.2. The van der Waals surface area contributed by atoms with Gasteiger partial charge in [-0.2, -0.15) is 0 Å². The first-order chi connectivity index (χ1) is 20.2. The van der Waals surface area contributed by atoms with Crippen LogP contribution in [-0.2, 0) is 16.0 Å². The lowest BCUT2D eigenvalue weighted by Crippen LogP contribution is -2.60. The monoisotopic (exact) mass is 564 g/mol. The van der Waals surface area contributed by atoms with E-state index >= 15 is 0 Å². The molecule has 218 valence electrons. The highest BCUT2D eigenvalue weighted by Crippen LogP contribution is 2.37. The van der Waals surface area contributed by atoms with Crippen LogP contribution in [0.4, 0.5) is 11.4 Å². The highest BCUT2D eigenvalue weighted by atomic mass is 16.2. The molecule has 1 aromatic heterocycles. The van der Waals surface area contributed by atoms with Crippen molar-refractivity contribution in [1.29, 1.82) is 0 Å². The van der Waals surface area contributed by atoms with E-state index in [-0.39, 0.29) is 17.7 Å². The lowest BCUT2D eigenvalue weighted by molar-refractivity contribution is -0.128. The smallest absolute Gasteiger partial charge is 0.254 e. The van der Waals surface area contributed by atoms with Crippen molar-refractivity contribution in [3.63, 3.8) is 0 Å². The number of carbonyl (C=O) groups excluding carboxylic acids is 3. The summed E-state index contributed by atoms with van der Waals surface area (Å²) in [5.41, 5.74) is 6.23. The summed E-state index contributed by atoms with van der Waals surface area (Å²) in [6.07, 6.45) is 4.60. The normalized spacial score (nSPS) is 14.4. The van der Waals surface area contributed by atoms with Crippen LogP contribution in [-0.4, -0.2) is 39.7 Å². The number of nitrogens with one attached hydrogen (secondary N) is 3. The number of anilines is 2. The van der Waals surface area contributed by atoms with Crippen LogP contribution in [0.2, 0.25) is 0 Å². The van der Waals surface area contributed by atoms with Crippen molar-refractivity contribution in [3.8, 4) is 0 Å². The number of para-hydroxylation sites is 2. The summed E-state index contributed by atoms with van der Waals surface area (Å²) < 4.78 is 0. The number of aromatic amines is 1. The highest BCUT2D eigenvalue weighted by molar-refractivity contribution is 6.04. The Morgan fingerprint density at radius 1 is 0.833 bits per heavy atom. The maximum Gasteiger partial charge on any atom is 0.254 e. The van der Waals surface area contributed by atoms with Crippen LogP contribution in [0.3, 0.4) is 0 Å². The van der Waals surface area contributed by atoms with Crippen LogP contribution in [0.5, 0.6) is 0 Å².